The lowest BCUT2D eigenvalue weighted by atomic mass is 9.94. The van der Waals surface area contributed by atoms with Crippen molar-refractivity contribution in [3.63, 3.8) is 0 Å². The number of carbonyl (C=O) groups is 1. The van der Waals surface area contributed by atoms with Gasteiger partial charge < -0.3 is 9.64 Å². The number of hydrogen-bond donors (Lipinski definition) is 0. The highest BCUT2D eigenvalue weighted by atomic mass is 79.9. The lowest BCUT2D eigenvalue weighted by molar-refractivity contribution is -0.137. The van der Waals surface area contributed by atoms with Crippen molar-refractivity contribution in [3.05, 3.63) is 45.2 Å². The standard InChI is InChI=1S/C20H23BrN2O4S2/c1-27-17-5-4-14-8-10-22(12-16(14)11-17)20(24)15-3-2-9-23(13-15)29(25,26)19-7-6-18(21)28-19/h4-7,11,15H,2-3,8-10,12-13H2,1H3. The topological polar surface area (TPSA) is 66.9 Å². The smallest absolute Gasteiger partial charge is 0.252 e. The van der Waals surface area contributed by atoms with Gasteiger partial charge in [0.25, 0.3) is 10.0 Å². The number of benzene rings is 1. The van der Waals surface area contributed by atoms with Gasteiger partial charge >= 0.3 is 0 Å². The van der Waals surface area contributed by atoms with Crippen molar-refractivity contribution in [3.8, 4) is 5.75 Å². The second kappa shape index (κ2) is 8.37. The van der Waals surface area contributed by atoms with Crippen LogP contribution in [0.1, 0.15) is 24.0 Å². The summed E-state index contributed by atoms with van der Waals surface area (Å²) in [5.74, 6) is 0.537. The van der Waals surface area contributed by atoms with Gasteiger partial charge in [0.1, 0.15) is 9.96 Å². The van der Waals surface area contributed by atoms with Crippen LogP contribution in [0.3, 0.4) is 0 Å². The van der Waals surface area contributed by atoms with Gasteiger partial charge in [-0.1, -0.05) is 6.07 Å². The number of nitrogens with zero attached hydrogens (tertiary/aromatic N) is 2. The second-order valence-corrected chi connectivity index (χ2v) is 12.0. The molecule has 0 spiro atoms. The first-order valence-electron chi connectivity index (χ1n) is 9.58. The lowest BCUT2D eigenvalue weighted by Crippen LogP contribution is -2.47. The number of amides is 1. The van der Waals surface area contributed by atoms with Crippen molar-refractivity contribution in [2.45, 2.75) is 30.0 Å². The lowest BCUT2D eigenvalue weighted by Gasteiger charge is -2.36. The molecule has 0 N–H and O–H groups in total. The number of rotatable bonds is 4. The van der Waals surface area contributed by atoms with E-state index in [-0.39, 0.29) is 18.4 Å². The van der Waals surface area contributed by atoms with Crippen LogP contribution in [-0.4, -0.2) is 50.3 Å². The molecule has 1 aromatic heterocycles. The molecule has 156 valence electrons. The number of carbonyl (C=O) groups excluding carboxylic acids is 1. The van der Waals surface area contributed by atoms with E-state index in [2.05, 4.69) is 22.0 Å². The number of piperidine rings is 1. The Labute approximate surface area is 183 Å². The van der Waals surface area contributed by atoms with Gasteiger partial charge in [-0.25, -0.2) is 8.42 Å². The summed E-state index contributed by atoms with van der Waals surface area (Å²) < 4.78 is 33.8. The first-order chi connectivity index (χ1) is 13.9. The fourth-order valence-corrected chi connectivity index (χ4v) is 7.72. The minimum atomic E-state index is -3.56. The SMILES string of the molecule is COc1ccc2c(c1)CN(C(=O)C1CCCN(S(=O)(=O)c3ccc(Br)s3)C1)CC2. The summed E-state index contributed by atoms with van der Waals surface area (Å²) in [7, 11) is -1.93. The van der Waals surface area contributed by atoms with Crippen molar-refractivity contribution >= 4 is 43.2 Å². The molecule has 9 heteroatoms. The Morgan fingerprint density at radius 3 is 2.76 bits per heavy atom. The number of halogens is 1. The fraction of sp³-hybridized carbons (Fsp3) is 0.450. The molecule has 2 aliphatic rings. The minimum Gasteiger partial charge on any atom is -0.497 e. The molecule has 1 saturated heterocycles. The molecular formula is C20H23BrN2O4S2. The molecule has 1 aromatic carbocycles. The van der Waals surface area contributed by atoms with Gasteiger partial charge in [-0.3, -0.25) is 4.79 Å². The maximum atomic E-state index is 13.2. The van der Waals surface area contributed by atoms with Crippen LogP contribution in [0, 0.1) is 5.92 Å². The Balaban J connectivity index is 1.48. The van der Waals surface area contributed by atoms with Crippen LogP contribution in [0.5, 0.6) is 5.75 Å². The quantitative estimate of drug-likeness (QED) is 0.646. The third-order valence-corrected chi connectivity index (χ3v) is 9.57. The van der Waals surface area contributed by atoms with Gasteiger partial charge in [-0.15, -0.1) is 11.3 Å². The molecule has 1 fully saturated rings. The number of hydrogen-bond acceptors (Lipinski definition) is 5. The van der Waals surface area contributed by atoms with Gasteiger partial charge in [0, 0.05) is 26.2 Å². The summed E-state index contributed by atoms with van der Waals surface area (Å²) in [5, 5.41) is 0. The van der Waals surface area contributed by atoms with Crippen molar-refractivity contribution in [2.24, 2.45) is 5.92 Å². The minimum absolute atomic E-state index is 0.0470. The van der Waals surface area contributed by atoms with Crippen LogP contribution in [0.2, 0.25) is 0 Å². The predicted molar refractivity (Wildman–Crippen MR) is 116 cm³/mol. The molecule has 1 atom stereocenters. The summed E-state index contributed by atoms with van der Waals surface area (Å²) >= 11 is 4.53. The summed E-state index contributed by atoms with van der Waals surface area (Å²) in [6, 6.07) is 9.35. The third-order valence-electron chi connectivity index (χ3n) is 5.61. The molecular weight excluding hydrogens is 476 g/mol. The molecule has 2 aliphatic heterocycles. The van der Waals surface area contributed by atoms with Gasteiger partial charge in [0.15, 0.2) is 0 Å². The summed E-state index contributed by atoms with van der Waals surface area (Å²) in [6.07, 6.45) is 2.23. The van der Waals surface area contributed by atoms with Crippen molar-refractivity contribution in [1.82, 2.24) is 9.21 Å². The maximum absolute atomic E-state index is 13.2. The van der Waals surface area contributed by atoms with Crippen LogP contribution in [0.15, 0.2) is 38.3 Å². The highest BCUT2D eigenvalue weighted by molar-refractivity contribution is 9.11. The molecule has 3 heterocycles. The number of thiophene rings is 1. The summed E-state index contributed by atoms with van der Waals surface area (Å²) in [5.41, 5.74) is 2.35. The van der Waals surface area contributed by atoms with Crippen LogP contribution < -0.4 is 4.74 Å². The summed E-state index contributed by atoms with van der Waals surface area (Å²) in [6.45, 7) is 1.92. The van der Waals surface area contributed by atoms with Crippen LogP contribution in [-0.2, 0) is 27.8 Å². The second-order valence-electron chi connectivity index (χ2n) is 7.41. The molecule has 1 unspecified atom stereocenters. The summed E-state index contributed by atoms with van der Waals surface area (Å²) in [4.78, 5) is 15.1. The molecule has 4 rings (SSSR count). The molecule has 2 aromatic rings. The van der Waals surface area contributed by atoms with E-state index in [1.54, 1.807) is 19.2 Å². The molecule has 0 bridgehead atoms. The zero-order valence-electron chi connectivity index (χ0n) is 16.1. The number of ether oxygens (including phenoxy) is 1. The predicted octanol–water partition coefficient (Wildman–Crippen LogP) is 3.50. The van der Waals surface area contributed by atoms with Gasteiger partial charge in [-0.05, 0) is 70.6 Å². The van der Waals surface area contributed by atoms with E-state index in [0.717, 1.165) is 27.9 Å². The average molecular weight is 499 g/mol. The first kappa shape index (κ1) is 20.8. The van der Waals surface area contributed by atoms with E-state index in [1.165, 1.54) is 21.2 Å². The molecule has 0 aliphatic carbocycles. The number of sulfonamides is 1. The molecule has 6 nitrogen and oxygen atoms in total. The molecule has 0 saturated carbocycles. The van der Waals surface area contributed by atoms with Crippen molar-refractivity contribution < 1.29 is 17.9 Å². The fourth-order valence-electron chi connectivity index (χ4n) is 4.03. The largest absolute Gasteiger partial charge is 0.497 e. The zero-order valence-corrected chi connectivity index (χ0v) is 19.4. The van der Waals surface area contributed by atoms with E-state index in [0.29, 0.717) is 30.3 Å². The Morgan fingerprint density at radius 2 is 2.03 bits per heavy atom. The van der Waals surface area contributed by atoms with E-state index in [4.69, 9.17) is 4.74 Å². The maximum Gasteiger partial charge on any atom is 0.252 e. The van der Waals surface area contributed by atoms with Crippen molar-refractivity contribution in [1.29, 1.82) is 0 Å². The van der Waals surface area contributed by atoms with E-state index in [1.807, 2.05) is 17.0 Å². The third kappa shape index (κ3) is 4.23. The highest BCUT2D eigenvalue weighted by Crippen LogP contribution is 2.32. The molecule has 29 heavy (non-hydrogen) atoms. The number of methoxy groups -OCH3 is 1. The average Bonchev–Trinajstić information content (AvgIpc) is 3.19. The Morgan fingerprint density at radius 1 is 1.21 bits per heavy atom. The van der Waals surface area contributed by atoms with E-state index in [9.17, 15) is 13.2 Å². The zero-order chi connectivity index (χ0) is 20.6. The van der Waals surface area contributed by atoms with E-state index < -0.39 is 10.0 Å². The van der Waals surface area contributed by atoms with Gasteiger partial charge in [-0.2, -0.15) is 4.31 Å². The van der Waals surface area contributed by atoms with Gasteiger partial charge in [0.05, 0.1) is 16.8 Å². The molecule has 0 radical (unpaired) electrons. The monoisotopic (exact) mass is 498 g/mol. The Hall–Kier alpha value is -1.42. The van der Waals surface area contributed by atoms with Crippen LogP contribution in [0.4, 0.5) is 0 Å². The molecule has 1 amide bonds. The number of fused-ring (bicyclic) bond motifs is 1. The first-order valence-corrected chi connectivity index (χ1v) is 12.6. The van der Waals surface area contributed by atoms with Crippen LogP contribution >= 0.6 is 27.3 Å². The van der Waals surface area contributed by atoms with Gasteiger partial charge in [0.2, 0.25) is 5.91 Å². The Kier molecular flexibility index (Phi) is 6.02. The highest BCUT2D eigenvalue weighted by Gasteiger charge is 2.36. The van der Waals surface area contributed by atoms with E-state index >= 15 is 0 Å². The normalized spacial score (nSPS) is 20.3. The van der Waals surface area contributed by atoms with Crippen LogP contribution in [0.25, 0.3) is 0 Å². The Bertz CT molecular complexity index is 1020. The van der Waals surface area contributed by atoms with Crippen molar-refractivity contribution in [2.75, 3.05) is 26.7 Å².